The molecule has 0 aliphatic heterocycles. The number of pyridine rings is 2. The van der Waals surface area contributed by atoms with Crippen LogP contribution in [0.2, 0.25) is 0 Å². The third-order valence-corrected chi connectivity index (χ3v) is 3.54. The van der Waals surface area contributed by atoms with E-state index in [4.69, 9.17) is 5.73 Å². The molecule has 0 bridgehead atoms. The van der Waals surface area contributed by atoms with Crippen LogP contribution >= 0.6 is 15.9 Å². The van der Waals surface area contributed by atoms with Crippen molar-refractivity contribution in [1.29, 1.82) is 0 Å². The van der Waals surface area contributed by atoms with Gasteiger partial charge in [0.25, 0.3) is 0 Å². The van der Waals surface area contributed by atoms with Crippen LogP contribution in [0.4, 0.5) is 5.82 Å². The second kappa shape index (κ2) is 6.07. The highest BCUT2D eigenvalue weighted by Crippen LogP contribution is 2.18. The summed E-state index contributed by atoms with van der Waals surface area (Å²) in [5, 5.41) is 0. The zero-order chi connectivity index (χ0) is 15.5. The topological polar surface area (TPSA) is 86.7 Å². The molecule has 22 heavy (non-hydrogen) atoms. The summed E-state index contributed by atoms with van der Waals surface area (Å²) < 4.78 is 2.53. The monoisotopic (exact) mass is 357 g/mol. The van der Waals surface area contributed by atoms with Crippen molar-refractivity contribution in [3.63, 3.8) is 0 Å². The molecule has 0 unspecified atom stereocenters. The molecule has 0 fully saturated rings. The van der Waals surface area contributed by atoms with E-state index < -0.39 is 0 Å². The molecule has 0 saturated carbocycles. The molecule has 0 spiro atoms. The number of carbonyl (C=O) groups excluding carboxylic acids is 1. The number of rotatable bonds is 4. The molecule has 110 valence electrons. The van der Waals surface area contributed by atoms with Crippen LogP contribution in [0.25, 0.3) is 0 Å². The Kier molecular flexibility index (Phi) is 3.97. The predicted octanol–water partition coefficient (Wildman–Crippen LogP) is 2.30. The van der Waals surface area contributed by atoms with Crippen LogP contribution in [0, 0.1) is 0 Å². The van der Waals surface area contributed by atoms with Crippen LogP contribution in [0.1, 0.15) is 21.6 Å². The molecule has 3 aromatic heterocycles. The summed E-state index contributed by atoms with van der Waals surface area (Å²) in [5.41, 5.74) is 7.51. The third kappa shape index (κ3) is 3.04. The maximum atomic E-state index is 12.5. The zero-order valence-corrected chi connectivity index (χ0v) is 13.1. The van der Waals surface area contributed by atoms with E-state index in [0.29, 0.717) is 22.3 Å². The number of ketones is 1. The first kappa shape index (κ1) is 14.4. The number of anilines is 1. The van der Waals surface area contributed by atoms with Crippen molar-refractivity contribution >= 4 is 27.5 Å². The molecule has 0 radical (unpaired) electrons. The number of nitrogen functional groups attached to an aromatic ring is 1. The van der Waals surface area contributed by atoms with Crippen molar-refractivity contribution in [3.8, 4) is 0 Å². The number of halogens is 1. The number of aromatic nitrogens is 4. The number of nitrogens with zero attached hydrogens (tertiary/aromatic N) is 4. The van der Waals surface area contributed by atoms with Crippen molar-refractivity contribution in [1.82, 2.24) is 19.5 Å². The quantitative estimate of drug-likeness (QED) is 0.723. The molecular weight excluding hydrogens is 346 g/mol. The Morgan fingerprint density at radius 2 is 2.05 bits per heavy atom. The minimum Gasteiger partial charge on any atom is -0.383 e. The molecule has 0 aliphatic carbocycles. The first-order chi connectivity index (χ1) is 10.6. The van der Waals surface area contributed by atoms with E-state index >= 15 is 0 Å². The highest BCUT2D eigenvalue weighted by molar-refractivity contribution is 9.10. The van der Waals surface area contributed by atoms with E-state index in [1.165, 1.54) is 0 Å². The Hall–Kier alpha value is -2.54. The van der Waals surface area contributed by atoms with Crippen LogP contribution in [-0.2, 0) is 6.54 Å². The van der Waals surface area contributed by atoms with Gasteiger partial charge in [-0.05, 0) is 39.7 Å². The second-order valence-electron chi connectivity index (χ2n) is 4.70. The number of hydrogen-bond acceptors (Lipinski definition) is 5. The second-order valence-corrected chi connectivity index (χ2v) is 5.62. The highest BCUT2D eigenvalue weighted by Gasteiger charge is 2.16. The fourth-order valence-corrected chi connectivity index (χ4v) is 2.36. The summed E-state index contributed by atoms with van der Waals surface area (Å²) in [6.45, 7) is 0.620. The summed E-state index contributed by atoms with van der Waals surface area (Å²) in [6.07, 6.45) is 8.32. The Balaban J connectivity index is 1.84. The molecule has 0 amide bonds. The van der Waals surface area contributed by atoms with Gasteiger partial charge < -0.3 is 10.3 Å². The number of hydrogen-bond donors (Lipinski definition) is 1. The number of carbonyl (C=O) groups is 1. The third-order valence-electron chi connectivity index (χ3n) is 3.11. The maximum absolute atomic E-state index is 12.5. The van der Waals surface area contributed by atoms with Crippen molar-refractivity contribution in [3.05, 3.63) is 70.6 Å². The largest absolute Gasteiger partial charge is 0.383 e. The van der Waals surface area contributed by atoms with E-state index in [1.54, 1.807) is 37.2 Å². The molecule has 7 heteroatoms. The molecule has 3 heterocycles. The SMILES string of the molecule is Nc1ncc(Br)cc1C(=O)c1cn(Cc2ccncc2)cn1. The molecule has 2 N–H and O–H groups in total. The van der Waals surface area contributed by atoms with E-state index in [9.17, 15) is 4.79 Å². The van der Waals surface area contributed by atoms with Gasteiger partial charge >= 0.3 is 0 Å². The normalized spacial score (nSPS) is 10.6. The molecule has 3 rings (SSSR count). The van der Waals surface area contributed by atoms with Gasteiger partial charge in [-0.2, -0.15) is 0 Å². The van der Waals surface area contributed by atoms with E-state index in [2.05, 4.69) is 30.9 Å². The summed E-state index contributed by atoms with van der Waals surface area (Å²) in [6, 6.07) is 5.47. The van der Waals surface area contributed by atoms with Crippen molar-refractivity contribution in [2.24, 2.45) is 0 Å². The van der Waals surface area contributed by atoms with Crippen LogP contribution in [0.5, 0.6) is 0 Å². The molecule has 3 aromatic rings. The number of nitrogens with two attached hydrogens (primary N) is 1. The van der Waals surface area contributed by atoms with Crippen LogP contribution in [-0.4, -0.2) is 25.3 Å². The Morgan fingerprint density at radius 1 is 1.27 bits per heavy atom. The van der Waals surface area contributed by atoms with Crippen LogP contribution in [0.3, 0.4) is 0 Å². The molecule has 0 atom stereocenters. The smallest absolute Gasteiger partial charge is 0.216 e. The first-order valence-corrected chi connectivity index (χ1v) is 7.29. The molecule has 0 aliphatic rings. The zero-order valence-electron chi connectivity index (χ0n) is 11.5. The Morgan fingerprint density at radius 3 is 2.82 bits per heavy atom. The average Bonchev–Trinajstić information content (AvgIpc) is 2.98. The minimum atomic E-state index is -0.250. The van der Waals surface area contributed by atoms with Crippen molar-refractivity contribution < 1.29 is 4.79 Å². The first-order valence-electron chi connectivity index (χ1n) is 6.50. The summed E-state index contributed by atoms with van der Waals surface area (Å²) in [7, 11) is 0. The molecular formula is C15H12BrN5O. The van der Waals surface area contributed by atoms with E-state index in [0.717, 1.165) is 5.56 Å². The lowest BCUT2D eigenvalue weighted by Crippen LogP contribution is -2.07. The van der Waals surface area contributed by atoms with Gasteiger partial charge in [-0.15, -0.1) is 0 Å². The Labute approximate surface area is 135 Å². The van der Waals surface area contributed by atoms with Gasteiger partial charge in [-0.1, -0.05) is 0 Å². The van der Waals surface area contributed by atoms with Crippen molar-refractivity contribution in [2.75, 3.05) is 5.73 Å². The van der Waals surface area contributed by atoms with Crippen LogP contribution < -0.4 is 5.73 Å². The lowest BCUT2D eigenvalue weighted by Gasteiger charge is -2.03. The minimum absolute atomic E-state index is 0.192. The Bertz CT molecular complexity index is 816. The van der Waals surface area contributed by atoms with Crippen molar-refractivity contribution in [2.45, 2.75) is 6.54 Å². The average molecular weight is 358 g/mol. The van der Waals surface area contributed by atoms with Gasteiger partial charge in [0.15, 0.2) is 0 Å². The highest BCUT2D eigenvalue weighted by atomic mass is 79.9. The maximum Gasteiger partial charge on any atom is 0.216 e. The fraction of sp³-hybridized carbons (Fsp3) is 0.0667. The van der Waals surface area contributed by atoms with Gasteiger partial charge in [-0.25, -0.2) is 9.97 Å². The van der Waals surface area contributed by atoms with Gasteiger partial charge in [0.1, 0.15) is 11.5 Å². The van der Waals surface area contributed by atoms with Gasteiger partial charge in [0.2, 0.25) is 5.78 Å². The molecule has 0 saturated heterocycles. The van der Waals surface area contributed by atoms with Crippen LogP contribution in [0.15, 0.2) is 53.8 Å². The van der Waals surface area contributed by atoms with Gasteiger partial charge in [0.05, 0.1) is 11.9 Å². The standard InChI is InChI=1S/C15H12BrN5O/c16-11-5-12(15(17)19-6-11)14(22)13-8-21(9-20-13)7-10-1-3-18-4-2-10/h1-6,8-9H,7H2,(H2,17,19). The van der Waals surface area contributed by atoms with E-state index in [1.807, 2.05) is 16.7 Å². The lowest BCUT2D eigenvalue weighted by molar-refractivity contribution is 0.103. The van der Waals surface area contributed by atoms with Gasteiger partial charge in [-0.3, -0.25) is 9.78 Å². The van der Waals surface area contributed by atoms with E-state index in [-0.39, 0.29) is 11.6 Å². The van der Waals surface area contributed by atoms with Gasteiger partial charge in [0, 0.05) is 35.8 Å². The number of imidazole rings is 1. The summed E-state index contributed by atoms with van der Waals surface area (Å²) >= 11 is 3.28. The predicted molar refractivity (Wildman–Crippen MR) is 85.3 cm³/mol. The fourth-order valence-electron chi connectivity index (χ4n) is 2.03. The summed E-state index contributed by atoms with van der Waals surface area (Å²) in [4.78, 5) is 24.6. The lowest BCUT2D eigenvalue weighted by atomic mass is 10.1. The summed E-state index contributed by atoms with van der Waals surface area (Å²) in [5.74, 6) is -0.0586. The molecule has 0 aromatic carbocycles. The molecule has 6 nitrogen and oxygen atoms in total.